The number of hydrogen-bond donors (Lipinski definition) is 2. The number of carbonyl (C=O) groups is 2. The zero-order valence-corrected chi connectivity index (χ0v) is 10.8. The molecule has 2 aromatic rings. The van der Waals surface area contributed by atoms with Gasteiger partial charge in [0.2, 0.25) is 0 Å². The van der Waals surface area contributed by atoms with E-state index in [1.807, 2.05) is 0 Å². The van der Waals surface area contributed by atoms with Gasteiger partial charge in [-0.05, 0) is 12.5 Å². The van der Waals surface area contributed by atoms with Crippen molar-refractivity contribution >= 4 is 23.3 Å². The summed E-state index contributed by atoms with van der Waals surface area (Å²) >= 11 is 1.24. The van der Waals surface area contributed by atoms with Crippen LogP contribution in [-0.4, -0.2) is 27.1 Å². The number of benzene rings is 1. The third-order valence-electron chi connectivity index (χ3n) is 2.75. The van der Waals surface area contributed by atoms with Crippen molar-refractivity contribution < 1.29 is 19.8 Å². The Balaban J connectivity index is 2.27. The molecule has 1 atom stereocenters. The second kappa shape index (κ2) is 5.19. The molecule has 0 spiro atoms. The summed E-state index contributed by atoms with van der Waals surface area (Å²) in [6.07, 6.45) is 0. The van der Waals surface area contributed by atoms with E-state index >= 15 is 0 Å². The molecule has 0 saturated carbocycles. The molecule has 5 nitrogen and oxygen atoms in total. The van der Waals surface area contributed by atoms with E-state index < -0.39 is 17.9 Å². The van der Waals surface area contributed by atoms with Crippen LogP contribution < -0.4 is 0 Å². The van der Waals surface area contributed by atoms with E-state index in [4.69, 9.17) is 10.2 Å². The highest BCUT2D eigenvalue weighted by molar-refractivity contribution is 7.13. The molecule has 0 fully saturated rings. The Labute approximate surface area is 113 Å². The highest BCUT2D eigenvalue weighted by atomic mass is 32.1. The molecule has 19 heavy (non-hydrogen) atoms. The normalized spacial score (nSPS) is 12.1. The molecule has 1 unspecified atom stereocenters. The van der Waals surface area contributed by atoms with Crippen LogP contribution in [-0.2, 0) is 4.79 Å². The lowest BCUT2D eigenvalue weighted by molar-refractivity contribution is -0.138. The average Bonchev–Trinajstić information content (AvgIpc) is 2.87. The Bertz CT molecular complexity index is 618. The van der Waals surface area contributed by atoms with Gasteiger partial charge in [0, 0.05) is 10.9 Å². The molecule has 0 aliphatic carbocycles. The van der Waals surface area contributed by atoms with Crippen molar-refractivity contribution in [3.05, 3.63) is 40.9 Å². The first-order valence-electron chi connectivity index (χ1n) is 5.51. The smallest absolute Gasteiger partial charge is 0.355 e. The van der Waals surface area contributed by atoms with Crippen LogP contribution in [0, 0.1) is 0 Å². The summed E-state index contributed by atoms with van der Waals surface area (Å²) < 4.78 is 0. The molecular weight excluding hydrogens is 266 g/mol. The fraction of sp³-hybridized carbons (Fsp3) is 0.154. The molecule has 1 heterocycles. The maximum absolute atomic E-state index is 10.9. The zero-order chi connectivity index (χ0) is 14.0. The molecule has 98 valence electrons. The molecule has 0 aliphatic rings. The van der Waals surface area contributed by atoms with Gasteiger partial charge in [-0.2, -0.15) is 0 Å². The lowest BCUT2D eigenvalue weighted by Gasteiger charge is -2.06. The third-order valence-corrected chi connectivity index (χ3v) is 3.64. The number of carboxylic acids is 2. The summed E-state index contributed by atoms with van der Waals surface area (Å²) in [5, 5.41) is 19.8. The van der Waals surface area contributed by atoms with E-state index in [1.54, 1.807) is 31.2 Å². The Morgan fingerprint density at radius 3 is 2.32 bits per heavy atom. The molecule has 0 aliphatic heterocycles. The van der Waals surface area contributed by atoms with Gasteiger partial charge in [0.05, 0.1) is 5.92 Å². The molecule has 0 bridgehead atoms. The van der Waals surface area contributed by atoms with Gasteiger partial charge in [-0.15, -0.1) is 11.3 Å². The standard InChI is InChI=1S/C13H11NO4S/c1-7(12(15)16)8-2-4-9(5-3-8)11-14-10(6-19-11)13(17)18/h2-7H,1H3,(H,15,16)(H,17,18). The Kier molecular flexibility index (Phi) is 3.62. The first-order chi connectivity index (χ1) is 8.99. The van der Waals surface area contributed by atoms with Crippen LogP contribution in [0.3, 0.4) is 0 Å². The maximum atomic E-state index is 10.9. The highest BCUT2D eigenvalue weighted by Crippen LogP contribution is 2.25. The number of hydrogen-bond acceptors (Lipinski definition) is 4. The van der Waals surface area contributed by atoms with Crippen molar-refractivity contribution in [3.8, 4) is 10.6 Å². The van der Waals surface area contributed by atoms with Crippen LogP contribution in [0.2, 0.25) is 0 Å². The molecule has 1 aromatic heterocycles. The summed E-state index contributed by atoms with van der Waals surface area (Å²) in [5.74, 6) is -2.51. The van der Waals surface area contributed by atoms with Gasteiger partial charge in [0.1, 0.15) is 5.01 Å². The second-order valence-electron chi connectivity index (χ2n) is 4.02. The van der Waals surface area contributed by atoms with E-state index in [9.17, 15) is 9.59 Å². The van der Waals surface area contributed by atoms with Crippen molar-refractivity contribution in [2.75, 3.05) is 0 Å². The summed E-state index contributed by atoms with van der Waals surface area (Å²) in [6, 6.07) is 6.93. The van der Waals surface area contributed by atoms with Crippen molar-refractivity contribution in [2.45, 2.75) is 12.8 Å². The molecule has 0 amide bonds. The van der Waals surface area contributed by atoms with Gasteiger partial charge in [-0.1, -0.05) is 24.3 Å². The lowest BCUT2D eigenvalue weighted by atomic mass is 10.0. The van der Waals surface area contributed by atoms with Crippen molar-refractivity contribution in [1.29, 1.82) is 0 Å². The fourth-order valence-electron chi connectivity index (χ4n) is 1.56. The number of rotatable bonds is 4. The summed E-state index contributed by atoms with van der Waals surface area (Å²) in [5.41, 5.74) is 1.49. The lowest BCUT2D eigenvalue weighted by Crippen LogP contribution is -2.06. The van der Waals surface area contributed by atoms with Crippen molar-refractivity contribution in [3.63, 3.8) is 0 Å². The second-order valence-corrected chi connectivity index (χ2v) is 4.88. The predicted molar refractivity (Wildman–Crippen MR) is 70.6 cm³/mol. The first-order valence-corrected chi connectivity index (χ1v) is 6.39. The summed E-state index contributed by atoms with van der Waals surface area (Å²) in [7, 11) is 0. The van der Waals surface area contributed by atoms with E-state index in [0.29, 0.717) is 10.6 Å². The minimum absolute atomic E-state index is 0.0166. The molecule has 1 aromatic carbocycles. The SMILES string of the molecule is CC(C(=O)O)c1ccc(-c2nc(C(=O)O)cs2)cc1. The van der Waals surface area contributed by atoms with E-state index in [1.165, 1.54) is 16.7 Å². The molecule has 0 radical (unpaired) electrons. The fourth-order valence-corrected chi connectivity index (χ4v) is 2.36. The summed E-state index contributed by atoms with van der Waals surface area (Å²) in [6.45, 7) is 1.61. The van der Waals surface area contributed by atoms with Crippen molar-refractivity contribution in [1.82, 2.24) is 4.98 Å². The summed E-state index contributed by atoms with van der Waals surface area (Å²) in [4.78, 5) is 25.6. The number of aromatic carboxylic acids is 1. The highest BCUT2D eigenvalue weighted by Gasteiger charge is 2.14. The average molecular weight is 277 g/mol. The molecule has 2 rings (SSSR count). The minimum Gasteiger partial charge on any atom is -0.481 e. The Hall–Kier alpha value is -2.21. The van der Waals surface area contributed by atoms with Crippen LogP contribution in [0.5, 0.6) is 0 Å². The van der Waals surface area contributed by atoms with Crippen LogP contribution in [0.1, 0.15) is 28.9 Å². The molecule has 6 heteroatoms. The Morgan fingerprint density at radius 2 is 1.84 bits per heavy atom. The largest absolute Gasteiger partial charge is 0.481 e. The monoisotopic (exact) mass is 277 g/mol. The Morgan fingerprint density at radius 1 is 1.21 bits per heavy atom. The number of carboxylic acid groups (broad SMARTS) is 2. The first kappa shape index (κ1) is 13.2. The predicted octanol–water partition coefficient (Wildman–Crippen LogP) is 2.70. The topological polar surface area (TPSA) is 87.5 Å². The quantitative estimate of drug-likeness (QED) is 0.897. The van der Waals surface area contributed by atoms with Gasteiger partial charge >= 0.3 is 11.9 Å². The van der Waals surface area contributed by atoms with Gasteiger partial charge in [-0.25, -0.2) is 9.78 Å². The van der Waals surface area contributed by atoms with E-state index in [0.717, 1.165) is 5.56 Å². The molecular formula is C13H11NO4S. The molecule has 0 saturated heterocycles. The maximum Gasteiger partial charge on any atom is 0.355 e. The van der Waals surface area contributed by atoms with E-state index in [-0.39, 0.29) is 5.69 Å². The zero-order valence-electron chi connectivity index (χ0n) is 10.0. The molecule has 2 N–H and O–H groups in total. The number of aliphatic carboxylic acids is 1. The van der Waals surface area contributed by atoms with Crippen LogP contribution in [0.25, 0.3) is 10.6 Å². The van der Waals surface area contributed by atoms with Crippen LogP contribution in [0.15, 0.2) is 29.6 Å². The van der Waals surface area contributed by atoms with Crippen LogP contribution in [0.4, 0.5) is 0 Å². The third kappa shape index (κ3) is 2.79. The van der Waals surface area contributed by atoms with Gasteiger partial charge in [0.25, 0.3) is 0 Å². The number of thiazole rings is 1. The van der Waals surface area contributed by atoms with Gasteiger partial charge in [-0.3, -0.25) is 4.79 Å². The van der Waals surface area contributed by atoms with Gasteiger partial charge < -0.3 is 10.2 Å². The van der Waals surface area contributed by atoms with Gasteiger partial charge in [0.15, 0.2) is 5.69 Å². The van der Waals surface area contributed by atoms with Crippen LogP contribution >= 0.6 is 11.3 Å². The number of aromatic nitrogens is 1. The van der Waals surface area contributed by atoms with E-state index in [2.05, 4.69) is 4.98 Å². The number of nitrogens with zero attached hydrogens (tertiary/aromatic N) is 1. The minimum atomic E-state index is -1.06. The van der Waals surface area contributed by atoms with Crippen molar-refractivity contribution in [2.24, 2.45) is 0 Å².